The number of aryl methyl sites for hydroxylation is 1. The maximum atomic E-state index is 12.2. The highest BCUT2D eigenvalue weighted by Crippen LogP contribution is 2.20. The van der Waals surface area contributed by atoms with E-state index in [1.165, 1.54) is 0 Å². The number of benzene rings is 2. The van der Waals surface area contributed by atoms with Gasteiger partial charge in [-0.25, -0.2) is 0 Å². The first-order valence-electron chi connectivity index (χ1n) is 5.56. The Balaban J connectivity index is 2.32. The molecule has 0 radical (unpaired) electrons. The molecule has 2 aromatic carbocycles. The molecule has 0 bridgehead atoms. The molecule has 2 aromatic rings. The number of halogens is 1. The standard InChI is InChI=1S/C15H13ClOS/c1-10-3-4-12(9-14(10)16)15(17)11-5-7-13(18-2)8-6-11/h3-9H,1-2H3. The summed E-state index contributed by atoms with van der Waals surface area (Å²) in [4.78, 5) is 13.4. The van der Waals surface area contributed by atoms with Crippen molar-refractivity contribution in [1.82, 2.24) is 0 Å². The molecule has 0 N–H and O–H groups in total. The molecule has 0 aliphatic carbocycles. The second-order valence-electron chi connectivity index (χ2n) is 4.02. The molecule has 0 fully saturated rings. The summed E-state index contributed by atoms with van der Waals surface area (Å²) in [5, 5.41) is 0.626. The van der Waals surface area contributed by atoms with Gasteiger partial charge < -0.3 is 0 Å². The van der Waals surface area contributed by atoms with E-state index in [0.29, 0.717) is 16.1 Å². The highest BCUT2D eigenvalue weighted by atomic mass is 35.5. The molecule has 0 amide bonds. The molecule has 0 aromatic heterocycles. The molecular weight excluding hydrogens is 264 g/mol. The molecule has 1 nitrogen and oxygen atoms in total. The van der Waals surface area contributed by atoms with Crippen LogP contribution in [-0.4, -0.2) is 12.0 Å². The summed E-state index contributed by atoms with van der Waals surface area (Å²) in [6, 6.07) is 13.0. The highest BCUT2D eigenvalue weighted by molar-refractivity contribution is 7.98. The zero-order chi connectivity index (χ0) is 13.1. The van der Waals surface area contributed by atoms with Crippen molar-refractivity contribution >= 4 is 29.1 Å². The van der Waals surface area contributed by atoms with Gasteiger partial charge >= 0.3 is 0 Å². The third-order valence-corrected chi connectivity index (χ3v) is 3.94. The minimum absolute atomic E-state index is 0.00422. The lowest BCUT2D eigenvalue weighted by molar-refractivity contribution is 0.103. The first kappa shape index (κ1) is 13.2. The fourth-order valence-electron chi connectivity index (χ4n) is 1.64. The number of thioether (sulfide) groups is 1. The third-order valence-electron chi connectivity index (χ3n) is 2.79. The molecule has 0 saturated carbocycles. The highest BCUT2D eigenvalue weighted by Gasteiger charge is 2.10. The van der Waals surface area contributed by atoms with E-state index in [-0.39, 0.29) is 5.78 Å². The van der Waals surface area contributed by atoms with Crippen LogP contribution in [0.3, 0.4) is 0 Å². The fourth-order valence-corrected chi connectivity index (χ4v) is 2.23. The van der Waals surface area contributed by atoms with Crippen molar-refractivity contribution in [2.24, 2.45) is 0 Å². The fraction of sp³-hybridized carbons (Fsp3) is 0.133. The van der Waals surface area contributed by atoms with Gasteiger partial charge in [0.15, 0.2) is 5.78 Å². The molecule has 0 saturated heterocycles. The Bertz CT molecular complexity index is 576. The van der Waals surface area contributed by atoms with Gasteiger partial charge in [0.25, 0.3) is 0 Å². The molecule has 3 heteroatoms. The largest absolute Gasteiger partial charge is 0.289 e. The molecule has 0 aliphatic heterocycles. The third kappa shape index (κ3) is 2.77. The van der Waals surface area contributed by atoms with E-state index >= 15 is 0 Å². The first-order chi connectivity index (χ1) is 8.61. The van der Waals surface area contributed by atoms with Crippen LogP contribution >= 0.6 is 23.4 Å². The molecule has 18 heavy (non-hydrogen) atoms. The van der Waals surface area contributed by atoms with Crippen LogP contribution in [0.15, 0.2) is 47.4 Å². The van der Waals surface area contributed by atoms with Crippen molar-refractivity contribution < 1.29 is 4.79 Å². The smallest absolute Gasteiger partial charge is 0.193 e. The van der Waals surface area contributed by atoms with E-state index in [0.717, 1.165) is 10.5 Å². The van der Waals surface area contributed by atoms with Gasteiger partial charge in [-0.05, 0) is 49.1 Å². The van der Waals surface area contributed by atoms with Crippen LogP contribution in [0.1, 0.15) is 21.5 Å². The summed E-state index contributed by atoms with van der Waals surface area (Å²) in [6.07, 6.45) is 2.01. The summed E-state index contributed by atoms with van der Waals surface area (Å²) in [5.74, 6) is 0.00422. The normalized spacial score (nSPS) is 10.4. The van der Waals surface area contributed by atoms with Crippen LogP contribution in [0, 0.1) is 6.92 Å². The molecule has 0 spiro atoms. The summed E-state index contributed by atoms with van der Waals surface area (Å²) in [7, 11) is 0. The first-order valence-corrected chi connectivity index (χ1v) is 7.17. The van der Waals surface area contributed by atoms with Gasteiger partial charge in [-0.3, -0.25) is 4.79 Å². The minimum atomic E-state index is 0.00422. The predicted octanol–water partition coefficient (Wildman–Crippen LogP) is 4.60. The van der Waals surface area contributed by atoms with Gasteiger partial charge in [0.1, 0.15) is 0 Å². The van der Waals surface area contributed by atoms with Crippen LogP contribution in [0.5, 0.6) is 0 Å². The van der Waals surface area contributed by atoms with E-state index < -0.39 is 0 Å². The van der Waals surface area contributed by atoms with Crippen molar-refractivity contribution in [3.63, 3.8) is 0 Å². The lowest BCUT2D eigenvalue weighted by atomic mass is 10.0. The quantitative estimate of drug-likeness (QED) is 0.602. The Labute approximate surface area is 116 Å². The lowest BCUT2D eigenvalue weighted by Crippen LogP contribution is -2.01. The molecular formula is C15H13ClOS. The monoisotopic (exact) mass is 276 g/mol. The number of carbonyl (C=O) groups excluding carboxylic acids is 1. The zero-order valence-corrected chi connectivity index (χ0v) is 11.8. The second kappa shape index (κ2) is 5.59. The van der Waals surface area contributed by atoms with Crippen molar-refractivity contribution in [2.45, 2.75) is 11.8 Å². The van der Waals surface area contributed by atoms with Gasteiger partial charge in [0, 0.05) is 21.0 Å². The topological polar surface area (TPSA) is 17.1 Å². The van der Waals surface area contributed by atoms with Crippen molar-refractivity contribution in [3.05, 3.63) is 64.2 Å². The maximum absolute atomic E-state index is 12.2. The predicted molar refractivity (Wildman–Crippen MR) is 77.8 cm³/mol. The molecule has 92 valence electrons. The average Bonchev–Trinajstić information content (AvgIpc) is 2.41. The van der Waals surface area contributed by atoms with Crippen LogP contribution in [0.4, 0.5) is 0 Å². The van der Waals surface area contributed by atoms with Gasteiger partial charge in [0.2, 0.25) is 0 Å². The van der Waals surface area contributed by atoms with Crippen LogP contribution in [0.2, 0.25) is 5.02 Å². The van der Waals surface area contributed by atoms with E-state index in [1.54, 1.807) is 17.8 Å². The number of hydrogen-bond acceptors (Lipinski definition) is 2. The lowest BCUT2D eigenvalue weighted by Gasteiger charge is -2.04. The molecule has 2 rings (SSSR count). The zero-order valence-electron chi connectivity index (χ0n) is 10.2. The number of hydrogen-bond donors (Lipinski definition) is 0. The number of ketones is 1. The van der Waals surface area contributed by atoms with Crippen molar-refractivity contribution in [3.8, 4) is 0 Å². The number of carbonyl (C=O) groups is 1. The summed E-state index contributed by atoms with van der Waals surface area (Å²) < 4.78 is 0. The van der Waals surface area contributed by atoms with Gasteiger partial charge in [0.05, 0.1) is 0 Å². The summed E-state index contributed by atoms with van der Waals surface area (Å²) in [6.45, 7) is 1.92. The van der Waals surface area contributed by atoms with E-state index in [2.05, 4.69) is 0 Å². The Morgan fingerprint density at radius 3 is 2.22 bits per heavy atom. The van der Waals surface area contributed by atoms with E-state index in [9.17, 15) is 4.79 Å². The molecule has 0 unspecified atom stereocenters. The SMILES string of the molecule is CSc1ccc(C(=O)c2ccc(C)c(Cl)c2)cc1. The summed E-state index contributed by atoms with van der Waals surface area (Å²) in [5.41, 5.74) is 2.29. The average molecular weight is 277 g/mol. The van der Waals surface area contributed by atoms with E-state index in [4.69, 9.17) is 11.6 Å². The van der Waals surface area contributed by atoms with Crippen LogP contribution < -0.4 is 0 Å². The van der Waals surface area contributed by atoms with E-state index in [1.807, 2.05) is 49.6 Å². The summed E-state index contributed by atoms with van der Waals surface area (Å²) >= 11 is 7.69. The Morgan fingerprint density at radius 2 is 1.67 bits per heavy atom. The van der Waals surface area contributed by atoms with Crippen molar-refractivity contribution in [2.75, 3.05) is 6.26 Å². The van der Waals surface area contributed by atoms with Gasteiger partial charge in [-0.2, -0.15) is 0 Å². The Kier molecular flexibility index (Phi) is 4.10. The molecule has 0 heterocycles. The second-order valence-corrected chi connectivity index (χ2v) is 5.31. The van der Waals surface area contributed by atoms with Crippen LogP contribution in [-0.2, 0) is 0 Å². The minimum Gasteiger partial charge on any atom is -0.289 e. The van der Waals surface area contributed by atoms with Gasteiger partial charge in [-0.15, -0.1) is 11.8 Å². The Hall–Kier alpha value is -1.25. The molecule has 0 atom stereocenters. The van der Waals surface area contributed by atoms with Crippen LogP contribution in [0.25, 0.3) is 0 Å². The number of rotatable bonds is 3. The Morgan fingerprint density at radius 1 is 1.06 bits per heavy atom. The van der Waals surface area contributed by atoms with Crippen molar-refractivity contribution in [1.29, 1.82) is 0 Å². The maximum Gasteiger partial charge on any atom is 0.193 e. The molecule has 0 aliphatic rings. The van der Waals surface area contributed by atoms with Gasteiger partial charge in [-0.1, -0.05) is 23.7 Å².